The minimum Gasteiger partial charge on any atom is -0.399 e. The number of hydrogen-bond acceptors (Lipinski definition) is 6. The molecule has 10 heteroatoms. The molecule has 5 N–H and O–H groups in total. The highest BCUT2D eigenvalue weighted by Crippen LogP contribution is 2.21. The average molecular weight is 440 g/mol. The van der Waals surface area contributed by atoms with Crippen LogP contribution in [0.5, 0.6) is 0 Å². The number of carbonyl (C=O) groups is 1. The molecule has 0 aliphatic heterocycles. The molecule has 2 aromatic heterocycles. The van der Waals surface area contributed by atoms with E-state index in [9.17, 15) is 9.18 Å². The molecule has 0 atom stereocenters. The summed E-state index contributed by atoms with van der Waals surface area (Å²) >= 11 is 5.78. The van der Waals surface area contributed by atoms with Gasteiger partial charge in [0.1, 0.15) is 23.2 Å². The van der Waals surface area contributed by atoms with Crippen molar-refractivity contribution in [3.05, 3.63) is 75.9 Å². The molecule has 4 aromatic rings. The maximum Gasteiger partial charge on any atom is 0.272 e. The van der Waals surface area contributed by atoms with Gasteiger partial charge in [-0.15, -0.1) is 0 Å². The van der Waals surface area contributed by atoms with Crippen LogP contribution in [0.2, 0.25) is 5.02 Å². The number of aryl methyl sites for hydroxylation is 1. The Balaban J connectivity index is 1.49. The lowest BCUT2D eigenvalue weighted by atomic mass is 10.1. The van der Waals surface area contributed by atoms with E-state index in [4.69, 9.17) is 17.3 Å². The van der Waals surface area contributed by atoms with E-state index in [2.05, 4.69) is 30.8 Å². The molecule has 0 saturated carbocycles. The number of aromatic nitrogens is 4. The van der Waals surface area contributed by atoms with Gasteiger partial charge in [0.2, 0.25) is 0 Å². The summed E-state index contributed by atoms with van der Waals surface area (Å²) in [5.74, 6) is -0.427. The molecule has 0 unspecified atom stereocenters. The van der Waals surface area contributed by atoms with Gasteiger partial charge in [-0.05, 0) is 41.8 Å². The predicted molar refractivity (Wildman–Crippen MR) is 117 cm³/mol. The first-order chi connectivity index (χ1) is 14.9. The number of nitrogens with one attached hydrogen (secondary N) is 3. The van der Waals surface area contributed by atoms with Crippen LogP contribution < -0.4 is 16.4 Å². The second-order valence-corrected chi connectivity index (χ2v) is 7.40. The first-order valence-electron chi connectivity index (χ1n) is 9.42. The molecule has 0 fully saturated rings. The maximum atomic E-state index is 13.3. The van der Waals surface area contributed by atoms with Crippen molar-refractivity contribution in [3.8, 4) is 0 Å². The van der Waals surface area contributed by atoms with Crippen LogP contribution >= 0.6 is 11.6 Å². The van der Waals surface area contributed by atoms with E-state index in [1.165, 1.54) is 18.5 Å². The summed E-state index contributed by atoms with van der Waals surface area (Å²) in [6.07, 6.45) is 1.31. The van der Waals surface area contributed by atoms with E-state index in [-0.39, 0.29) is 17.3 Å². The lowest BCUT2D eigenvalue weighted by Crippen LogP contribution is -2.24. The smallest absolute Gasteiger partial charge is 0.272 e. The number of nitrogens with zero attached hydrogens (tertiary/aromatic N) is 3. The van der Waals surface area contributed by atoms with E-state index >= 15 is 0 Å². The molecule has 158 valence electrons. The molecule has 0 aliphatic carbocycles. The van der Waals surface area contributed by atoms with E-state index in [0.717, 1.165) is 16.8 Å². The van der Waals surface area contributed by atoms with Gasteiger partial charge in [0.25, 0.3) is 5.91 Å². The topological polar surface area (TPSA) is 122 Å². The molecule has 0 aliphatic rings. The lowest BCUT2D eigenvalue weighted by Gasteiger charge is -2.07. The van der Waals surface area contributed by atoms with Crippen LogP contribution in [0.25, 0.3) is 11.0 Å². The molecular formula is C21H19ClFN7O. The number of H-pyrrole nitrogens is 1. The Labute approximate surface area is 182 Å². The molecule has 0 radical (unpaired) electrons. The first kappa shape index (κ1) is 20.5. The van der Waals surface area contributed by atoms with Crippen molar-refractivity contribution in [2.75, 3.05) is 11.1 Å². The van der Waals surface area contributed by atoms with Crippen molar-refractivity contribution in [2.24, 2.45) is 0 Å². The van der Waals surface area contributed by atoms with Gasteiger partial charge < -0.3 is 16.4 Å². The summed E-state index contributed by atoms with van der Waals surface area (Å²) in [5.41, 5.74) is 10.4. The van der Waals surface area contributed by atoms with Gasteiger partial charge >= 0.3 is 0 Å². The van der Waals surface area contributed by atoms with Gasteiger partial charge in [-0.1, -0.05) is 29.8 Å². The zero-order valence-electron chi connectivity index (χ0n) is 16.5. The molecule has 2 aromatic carbocycles. The summed E-state index contributed by atoms with van der Waals surface area (Å²) in [6, 6.07) is 10.0. The number of rotatable bonds is 6. The molecule has 1 amide bonds. The van der Waals surface area contributed by atoms with Crippen LogP contribution in [0, 0.1) is 12.7 Å². The largest absolute Gasteiger partial charge is 0.399 e. The number of amides is 1. The maximum absolute atomic E-state index is 13.3. The minimum atomic E-state index is -0.513. The summed E-state index contributed by atoms with van der Waals surface area (Å²) in [4.78, 5) is 21.0. The third-order valence-electron chi connectivity index (χ3n) is 4.80. The Hall–Kier alpha value is -3.72. The van der Waals surface area contributed by atoms with Crippen molar-refractivity contribution in [2.45, 2.75) is 20.0 Å². The zero-order valence-corrected chi connectivity index (χ0v) is 17.3. The molecule has 0 spiro atoms. The highest BCUT2D eigenvalue weighted by Gasteiger charge is 2.17. The Morgan fingerprint density at radius 3 is 2.71 bits per heavy atom. The minimum absolute atomic E-state index is 0.00300. The van der Waals surface area contributed by atoms with Crippen molar-refractivity contribution in [1.82, 2.24) is 25.5 Å². The van der Waals surface area contributed by atoms with Gasteiger partial charge in [-0.2, -0.15) is 5.10 Å². The molecular weight excluding hydrogens is 421 g/mol. The number of benzene rings is 2. The van der Waals surface area contributed by atoms with Crippen molar-refractivity contribution >= 4 is 40.0 Å². The van der Waals surface area contributed by atoms with Gasteiger partial charge in [0.05, 0.1) is 5.02 Å². The monoisotopic (exact) mass is 439 g/mol. The molecule has 4 rings (SSSR count). The van der Waals surface area contributed by atoms with E-state index < -0.39 is 11.7 Å². The second-order valence-electron chi connectivity index (χ2n) is 6.99. The number of aromatic amines is 1. The molecule has 31 heavy (non-hydrogen) atoms. The quantitative estimate of drug-likeness (QED) is 0.341. The number of hydrogen-bond donors (Lipinski definition) is 4. The van der Waals surface area contributed by atoms with Crippen LogP contribution in [-0.4, -0.2) is 26.1 Å². The average Bonchev–Trinajstić information content (AvgIpc) is 3.18. The fourth-order valence-electron chi connectivity index (χ4n) is 3.08. The van der Waals surface area contributed by atoms with Gasteiger partial charge in [0, 0.05) is 18.8 Å². The number of anilines is 2. The van der Waals surface area contributed by atoms with Gasteiger partial charge in [0.15, 0.2) is 11.5 Å². The van der Waals surface area contributed by atoms with Crippen LogP contribution in [0.3, 0.4) is 0 Å². The normalized spacial score (nSPS) is 10.9. The lowest BCUT2D eigenvalue weighted by molar-refractivity contribution is 0.0947. The summed E-state index contributed by atoms with van der Waals surface area (Å²) in [5, 5.41) is 13.0. The standard InChI is InChI=1S/C21H19ClFN7O/c1-11-6-12(3-5-16(11)24)8-25-20-18-17(29-30-20)19(28-10-27-18)21(31)26-9-13-2-4-15(23)14(22)7-13/h2-7,10H,8-9,24H2,1H3,(H,26,31)(H2,25,29,30). The van der Waals surface area contributed by atoms with Crippen LogP contribution in [0.4, 0.5) is 15.9 Å². The fourth-order valence-corrected chi connectivity index (χ4v) is 3.28. The predicted octanol–water partition coefficient (Wildman–Crippen LogP) is 3.58. The number of carbonyl (C=O) groups excluding carboxylic acids is 1. The van der Waals surface area contributed by atoms with Crippen molar-refractivity contribution < 1.29 is 9.18 Å². The first-order valence-corrected chi connectivity index (χ1v) is 9.80. The SMILES string of the molecule is Cc1cc(CNc2n[nH]c3c(C(=O)NCc4ccc(F)c(Cl)c4)ncnc23)ccc1N. The summed E-state index contributed by atoms with van der Waals surface area (Å²) in [7, 11) is 0. The molecule has 0 bridgehead atoms. The Kier molecular flexibility index (Phi) is 5.68. The van der Waals surface area contributed by atoms with E-state index in [1.807, 2.05) is 25.1 Å². The van der Waals surface area contributed by atoms with E-state index in [0.29, 0.717) is 29.0 Å². The molecule has 0 saturated heterocycles. The van der Waals surface area contributed by atoms with Crippen LogP contribution in [0.15, 0.2) is 42.7 Å². The van der Waals surface area contributed by atoms with Crippen LogP contribution in [0.1, 0.15) is 27.2 Å². The number of nitrogen functional groups attached to an aromatic ring is 1. The Morgan fingerprint density at radius 1 is 1.16 bits per heavy atom. The summed E-state index contributed by atoms with van der Waals surface area (Å²) in [6.45, 7) is 2.62. The number of nitrogens with two attached hydrogens (primary N) is 1. The van der Waals surface area contributed by atoms with Crippen molar-refractivity contribution in [1.29, 1.82) is 0 Å². The summed E-state index contributed by atoms with van der Waals surface area (Å²) < 4.78 is 13.3. The Morgan fingerprint density at radius 2 is 1.94 bits per heavy atom. The highest BCUT2D eigenvalue weighted by molar-refractivity contribution is 6.30. The van der Waals surface area contributed by atoms with Crippen molar-refractivity contribution in [3.63, 3.8) is 0 Å². The zero-order chi connectivity index (χ0) is 22.0. The fraction of sp³-hybridized carbons (Fsp3) is 0.143. The van der Waals surface area contributed by atoms with Gasteiger partial charge in [-0.25, -0.2) is 14.4 Å². The van der Waals surface area contributed by atoms with Crippen LogP contribution in [-0.2, 0) is 13.1 Å². The highest BCUT2D eigenvalue weighted by atomic mass is 35.5. The van der Waals surface area contributed by atoms with E-state index in [1.54, 1.807) is 6.07 Å². The van der Waals surface area contributed by atoms with Gasteiger partial charge in [-0.3, -0.25) is 9.89 Å². The third-order valence-corrected chi connectivity index (χ3v) is 5.09. The second kappa shape index (κ2) is 8.57. The molecule has 8 nitrogen and oxygen atoms in total. The Bertz CT molecular complexity index is 1270. The number of halogens is 2. The molecule has 2 heterocycles. The number of fused-ring (bicyclic) bond motifs is 1. The third kappa shape index (κ3) is 4.41.